The number of amides is 5. The first kappa shape index (κ1) is 38.2. The number of rotatable bonds is 12. The number of pyridine rings is 1. The van der Waals surface area contributed by atoms with E-state index in [1.807, 2.05) is 26.8 Å². The summed E-state index contributed by atoms with van der Waals surface area (Å²) in [4.78, 5) is 85.0. The first-order valence-electron chi connectivity index (χ1n) is 16.3. The molecule has 13 heteroatoms. The van der Waals surface area contributed by atoms with Gasteiger partial charge in [0.05, 0.1) is 18.3 Å². The first-order valence-corrected chi connectivity index (χ1v) is 16.3. The third-order valence-corrected chi connectivity index (χ3v) is 8.96. The fourth-order valence-corrected chi connectivity index (χ4v) is 6.22. The number of Topliss-reactive ketones (excluding diaryl/α,β-unsaturated/α-hetero) is 1. The van der Waals surface area contributed by atoms with Crippen molar-refractivity contribution in [2.24, 2.45) is 22.7 Å². The Morgan fingerprint density at radius 2 is 1.71 bits per heavy atom. The van der Waals surface area contributed by atoms with Crippen molar-refractivity contribution in [1.82, 2.24) is 31.2 Å². The molecule has 0 bridgehead atoms. The van der Waals surface area contributed by atoms with Gasteiger partial charge in [0.25, 0.3) is 5.91 Å². The number of ether oxygens (including phenoxy) is 1. The van der Waals surface area contributed by atoms with Gasteiger partial charge in [-0.3, -0.25) is 29.0 Å². The van der Waals surface area contributed by atoms with Gasteiger partial charge in [-0.2, -0.15) is 0 Å². The van der Waals surface area contributed by atoms with Crippen molar-refractivity contribution in [2.45, 2.75) is 105 Å². The normalized spacial score (nSPS) is 21.5. The van der Waals surface area contributed by atoms with Crippen LogP contribution in [0, 0.1) is 29.6 Å². The van der Waals surface area contributed by atoms with E-state index in [1.165, 1.54) is 11.0 Å². The molecular weight excluding hydrogens is 616 g/mol. The molecule has 13 nitrogen and oxygen atoms in total. The molecule has 1 saturated heterocycles. The molecule has 264 valence electrons. The standard InChI is InChI=1S/C35H52N6O7/c1-12-13-23(27(43)30(45)37-17-24(42)38-20(3)22-15-14-19(2)16-36-22)39-29(44)26-25-21(35(25,10)11)18-41(26)31(46)28(33(4,5)6)40-32(47)48-34(7,8)9/h12,14-16,20-21,23,25-26,28H,1,13,17-18H2,2-11H3,(H,37,45)(H,38,42)(H,39,44)(H,40,47)/t20?,21-,23-,25-,26-,28+/m0/s1. The predicted molar refractivity (Wildman–Crippen MR) is 179 cm³/mol. The van der Waals surface area contributed by atoms with Crippen LogP contribution < -0.4 is 21.3 Å². The van der Waals surface area contributed by atoms with Crippen molar-refractivity contribution in [3.05, 3.63) is 42.2 Å². The molecule has 5 amide bonds. The molecule has 2 heterocycles. The van der Waals surface area contributed by atoms with E-state index in [4.69, 9.17) is 4.74 Å². The lowest BCUT2D eigenvalue weighted by Crippen LogP contribution is -2.60. The average molecular weight is 669 g/mol. The van der Waals surface area contributed by atoms with E-state index in [9.17, 15) is 28.8 Å². The minimum atomic E-state index is -1.27. The van der Waals surface area contributed by atoms with Crippen LogP contribution in [0.4, 0.5) is 4.79 Å². The molecule has 1 unspecified atom stereocenters. The number of alkyl carbamates (subject to hydrolysis) is 1. The van der Waals surface area contributed by atoms with Crippen LogP contribution in [-0.4, -0.2) is 82.2 Å². The van der Waals surface area contributed by atoms with Crippen molar-refractivity contribution < 1.29 is 33.5 Å². The van der Waals surface area contributed by atoms with Gasteiger partial charge in [-0.25, -0.2) is 4.79 Å². The number of piperidine rings is 1. The molecule has 0 aromatic carbocycles. The summed E-state index contributed by atoms with van der Waals surface area (Å²) in [6.45, 7) is 21.8. The molecule has 1 saturated carbocycles. The van der Waals surface area contributed by atoms with Crippen LogP contribution in [0.2, 0.25) is 0 Å². The quantitative estimate of drug-likeness (QED) is 0.194. The Hall–Kier alpha value is -4.29. The zero-order valence-corrected chi connectivity index (χ0v) is 29.9. The van der Waals surface area contributed by atoms with Crippen LogP contribution in [-0.2, 0) is 28.7 Å². The van der Waals surface area contributed by atoms with E-state index in [1.54, 1.807) is 60.7 Å². The number of hydrogen-bond donors (Lipinski definition) is 4. The molecule has 2 fully saturated rings. The molecule has 1 aliphatic carbocycles. The second-order valence-corrected chi connectivity index (χ2v) is 15.5. The number of aryl methyl sites for hydroxylation is 1. The maximum Gasteiger partial charge on any atom is 0.408 e. The Bertz CT molecular complexity index is 1430. The van der Waals surface area contributed by atoms with Crippen LogP contribution in [0.15, 0.2) is 31.0 Å². The summed E-state index contributed by atoms with van der Waals surface area (Å²) in [5.74, 6) is -3.70. The highest BCUT2D eigenvalue weighted by Gasteiger charge is 2.70. The van der Waals surface area contributed by atoms with Crippen molar-refractivity contribution >= 4 is 35.5 Å². The Balaban J connectivity index is 1.71. The Kier molecular flexibility index (Phi) is 11.5. The average Bonchev–Trinajstić information content (AvgIpc) is 3.28. The third-order valence-electron chi connectivity index (χ3n) is 8.96. The monoisotopic (exact) mass is 668 g/mol. The van der Waals surface area contributed by atoms with Gasteiger partial charge in [-0.05, 0) is 75.3 Å². The second-order valence-electron chi connectivity index (χ2n) is 15.5. The molecule has 4 N–H and O–H groups in total. The van der Waals surface area contributed by atoms with Gasteiger partial charge in [0.1, 0.15) is 23.7 Å². The number of ketones is 1. The van der Waals surface area contributed by atoms with Crippen molar-refractivity contribution in [3.63, 3.8) is 0 Å². The number of nitrogens with one attached hydrogen (secondary N) is 4. The molecule has 2 aliphatic rings. The maximum absolute atomic E-state index is 14.1. The minimum Gasteiger partial charge on any atom is -0.444 e. The van der Waals surface area contributed by atoms with Crippen LogP contribution >= 0.6 is 0 Å². The number of hydrogen-bond acceptors (Lipinski definition) is 8. The Morgan fingerprint density at radius 1 is 1.06 bits per heavy atom. The third kappa shape index (κ3) is 9.19. The summed E-state index contributed by atoms with van der Waals surface area (Å²) >= 11 is 0. The predicted octanol–water partition coefficient (Wildman–Crippen LogP) is 2.74. The fourth-order valence-electron chi connectivity index (χ4n) is 6.22. The topological polar surface area (TPSA) is 176 Å². The van der Waals surface area contributed by atoms with E-state index in [0.29, 0.717) is 12.2 Å². The number of carbonyl (C=O) groups excluding carboxylic acids is 6. The summed E-state index contributed by atoms with van der Waals surface area (Å²) in [5.41, 5.74) is -0.126. The number of fused-ring (bicyclic) bond motifs is 1. The molecule has 0 spiro atoms. The molecule has 48 heavy (non-hydrogen) atoms. The van der Waals surface area contributed by atoms with Crippen molar-refractivity contribution in [1.29, 1.82) is 0 Å². The summed E-state index contributed by atoms with van der Waals surface area (Å²) in [6, 6.07) is 0.0154. The Labute approximate surface area is 283 Å². The van der Waals surface area contributed by atoms with E-state index in [2.05, 4.69) is 32.8 Å². The SMILES string of the molecule is C=CC[C@H](NC(=O)[C@@H]1[C@@H]2[C@H](CN1C(=O)[C@@H](NC(=O)OC(C)(C)C)C(C)(C)C)C2(C)C)C(=O)C(=O)NCC(=O)NC(C)c1ccc(C)cn1. The van der Waals surface area contributed by atoms with E-state index < -0.39 is 77.2 Å². The molecular formula is C35H52N6O7. The zero-order chi connectivity index (χ0) is 36.4. The summed E-state index contributed by atoms with van der Waals surface area (Å²) in [5, 5.41) is 10.4. The highest BCUT2D eigenvalue weighted by Crippen LogP contribution is 2.65. The van der Waals surface area contributed by atoms with Gasteiger partial charge in [-0.1, -0.05) is 46.8 Å². The van der Waals surface area contributed by atoms with Crippen LogP contribution in [0.25, 0.3) is 0 Å². The second kappa shape index (κ2) is 14.4. The molecule has 0 radical (unpaired) electrons. The van der Waals surface area contributed by atoms with Crippen molar-refractivity contribution in [2.75, 3.05) is 13.1 Å². The summed E-state index contributed by atoms with van der Waals surface area (Å²) < 4.78 is 5.41. The number of carbonyl (C=O) groups is 6. The van der Waals surface area contributed by atoms with Crippen LogP contribution in [0.5, 0.6) is 0 Å². The number of likely N-dealkylation sites (tertiary alicyclic amines) is 1. The van der Waals surface area contributed by atoms with Crippen molar-refractivity contribution in [3.8, 4) is 0 Å². The van der Waals surface area contributed by atoms with Gasteiger partial charge in [0, 0.05) is 12.7 Å². The molecule has 3 rings (SSSR count). The molecule has 6 atom stereocenters. The number of nitrogens with zero attached hydrogens (tertiary/aromatic N) is 2. The Morgan fingerprint density at radius 3 is 2.25 bits per heavy atom. The summed E-state index contributed by atoms with van der Waals surface area (Å²) in [6.07, 6.45) is 2.28. The summed E-state index contributed by atoms with van der Waals surface area (Å²) in [7, 11) is 0. The van der Waals surface area contributed by atoms with E-state index >= 15 is 0 Å². The van der Waals surface area contributed by atoms with Crippen LogP contribution in [0.3, 0.4) is 0 Å². The van der Waals surface area contributed by atoms with Gasteiger partial charge >= 0.3 is 6.09 Å². The maximum atomic E-state index is 14.1. The molecule has 1 aliphatic heterocycles. The van der Waals surface area contributed by atoms with Crippen LogP contribution in [0.1, 0.15) is 86.0 Å². The van der Waals surface area contributed by atoms with Gasteiger partial charge in [0.2, 0.25) is 23.5 Å². The lowest BCUT2D eigenvalue weighted by molar-refractivity contribution is -0.145. The fraction of sp³-hybridized carbons (Fsp3) is 0.629. The lowest BCUT2D eigenvalue weighted by atomic mass is 9.85. The van der Waals surface area contributed by atoms with Gasteiger partial charge in [0.15, 0.2) is 0 Å². The van der Waals surface area contributed by atoms with E-state index in [-0.39, 0.29) is 23.7 Å². The lowest BCUT2D eigenvalue weighted by Gasteiger charge is -2.38. The highest BCUT2D eigenvalue weighted by molar-refractivity contribution is 6.38. The molecule has 1 aromatic rings. The van der Waals surface area contributed by atoms with Gasteiger partial charge < -0.3 is 30.9 Å². The van der Waals surface area contributed by atoms with Gasteiger partial charge in [-0.15, -0.1) is 6.58 Å². The number of aromatic nitrogens is 1. The largest absolute Gasteiger partial charge is 0.444 e. The highest BCUT2D eigenvalue weighted by atomic mass is 16.6. The smallest absolute Gasteiger partial charge is 0.408 e. The zero-order valence-electron chi connectivity index (χ0n) is 29.9. The molecule has 1 aromatic heterocycles. The first-order chi connectivity index (χ1) is 22.1. The van der Waals surface area contributed by atoms with E-state index in [0.717, 1.165) is 5.56 Å². The minimum absolute atomic E-state index is 0.0345.